The van der Waals surface area contributed by atoms with Crippen LogP contribution >= 0.6 is 34.8 Å². The standard InChI is InChI=1S/C36H38Cl3N3O5S/c1-5-25(3)40-36(44)33(20-26-9-7-6-8-10-26)41(22-27-13-17-30(38)31(39)19-27)35(43)23-42(32-21-28(37)14-18-34(32)47-4)48(45,46)29-15-11-24(2)12-16-29/h6-19,21,25,33H,5,20,22-23H2,1-4H3,(H,40,44). The van der Waals surface area contributed by atoms with Gasteiger partial charge in [-0.25, -0.2) is 8.42 Å². The first-order valence-corrected chi connectivity index (χ1v) is 17.9. The molecule has 0 aliphatic carbocycles. The van der Waals surface area contributed by atoms with E-state index in [1.54, 1.807) is 36.4 Å². The summed E-state index contributed by atoms with van der Waals surface area (Å²) in [7, 11) is -2.95. The van der Waals surface area contributed by atoms with Gasteiger partial charge >= 0.3 is 0 Å². The Bertz CT molecular complexity index is 1840. The molecule has 4 aromatic rings. The van der Waals surface area contributed by atoms with Crippen molar-refractivity contribution in [3.8, 4) is 5.75 Å². The maximum atomic E-state index is 14.7. The fourth-order valence-corrected chi connectivity index (χ4v) is 6.94. The van der Waals surface area contributed by atoms with Gasteiger partial charge in [0, 0.05) is 24.0 Å². The van der Waals surface area contributed by atoms with Gasteiger partial charge in [-0.15, -0.1) is 0 Å². The van der Waals surface area contributed by atoms with Crippen LogP contribution in [0.5, 0.6) is 5.75 Å². The Labute approximate surface area is 297 Å². The second kappa shape index (κ2) is 16.6. The number of halogens is 3. The van der Waals surface area contributed by atoms with E-state index in [2.05, 4.69) is 5.32 Å². The molecule has 8 nitrogen and oxygen atoms in total. The third-order valence-corrected chi connectivity index (χ3v) is 10.7. The zero-order chi connectivity index (χ0) is 35.0. The highest BCUT2D eigenvalue weighted by atomic mass is 35.5. The van der Waals surface area contributed by atoms with Crippen molar-refractivity contribution in [2.45, 2.75) is 57.1 Å². The number of rotatable bonds is 14. The molecule has 2 amide bonds. The molecule has 0 aliphatic rings. The molecule has 0 radical (unpaired) electrons. The zero-order valence-corrected chi connectivity index (χ0v) is 30.2. The molecule has 12 heteroatoms. The lowest BCUT2D eigenvalue weighted by molar-refractivity contribution is -0.140. The molecule has 0 fully saturated rings. The highest BCUT2D eigenvalue weighted by Crippen LogP contribution is 2.35. The van der Waals surface area contributed by atoms with Crippen LogP contribution in [0.4, 0.5) is 5.69 Å². The quantitative estimate of drug-likeness (QED) is 0.143. The number of anilines is 1. The van der Waals surface area contributed by atoms with Gasteiger partial charge in [0.05, 0.1) is 27.7 Å². The second-order valence-electron chi connectivity index (χ2n) is 11.4. The zero-order valence-electron chi connectivity index (χ0n) is 27.1. The smallest absolute Gasteiger partial charge is 0.264 e. The van der Waals surface area contributed by atoms with E-state index in [4.69, 9.17) is 39.5 Å². The number of nitrogens with one attached hydrogen (secondary N) is 1. The monoisotopic (exact) mass is 729 g/mol. The predicted molar refractivity (Wildman–Crippen MR) is 193 cm³/mol. The van der Waals surface area contributed by atoms with Crippen molar-refractivity contribution in [1.82, 2.24) is 10.2 Å². The van der Waals surface area contributed by atoms with Gasteiger partial charge in [-0.3, -0.25) is 13.9 Å². The Morgan fingerprint density at radius 2 is 1.56 bits per heavy atom. The lowest BCUT2D eigenvalue weighted by Crippen LogP contribution is -2.54. The summed E-state index contributed by atoms with van der Waals surface area (Å²) >= 11 is 18.9. The minimum atomic E-state index is -4.35. The van der Waals surface area contributed by atoms with E-state index >= 15 is 0 Å². The Hall–Kier alpha value is -3.76. The maximum absolute atomic E-state index is 14.7. The largest absolute Gasteiger partial charge is 0.495 e. The number of aryl methyl sites for hydroxylation is 1. The summed E-state index contributed by atoms with van der Waals surface area (Å²) < 4.78 is 35.2. The minimum absolute atomic E-state index is 0.0330. The summed E-state index contributed by atoms with van der Waals surface area (Å²) in [6.07, 6.45) is 0.836. The first-order chi connectivity index (χ1) is 22.8. The topological polar surface area (TPSA) is 96.0 Å². The average molecular weight is 731 g/mol. The molecule has 0 aliphatic heterocycles. The van der Waals surface area contributed by atoms with Gasteiger partial charge in [-0.1, -0.05) is 95.8 Å². The van der Waals surface area contributed by atoms with Crippen LogP contribution in [0, 0.1) is 6.92 Å². The molecule has 0 heterocycles. The fraction of sp³-hybridized carbons (Fsp3) is 0.278. The molecule has 4 aromatic carbocycles. The van der Waals surface area contributed by atoms with Gasteiger partial charge in [0.25, 0.3) is 10.0 Å². The van der Waals surface area contributed by atoms with Crippen molar-refractivity contribution in [2.24, 2.45) is 0 Å². The minimum Gasteiger partial charge on any atom is -0.495 e. The molecular weight excluding hydrogens is 693 g/mol. The first-order valence-electron chi connectivity index (χ1n) is 15.3. The van der Waals surface area contributed by atoms with E-state index in [0.717, 1.165) is 15.4 Å². The van der Waals surface area contributed by atoms with Gasteiger partial charge in [-0.05, 0) is 73.9 Å². The van der Waals surface area contributed by atoms with Crippen LogP contribution in [0.25, 0.3) is 0 Å². The maximum Gasteiger partial charge on any atom is 0.264 e. The number of carbonyl (C=O) groups excluding carboxylic acids is 2. The van der Waals surface area contributed by atoms with Crippen molar-refractivity contribution in [3.05, 3.63) is 123 Å². The Balaban J connectivity index is 1.87. The molecule has 1 N–H and O–H groups in total. The molecular formula is C36H38Cl3N3O5S. The number of methoxy groups -OCH3 is 1. The molecule has 48 heavy (non-hydrogen) atoms. The van der Waals surface area contributed by atoms with Crippen LogP contribution in [0.3, 0.4) is 0 Å². The molecule has 0 saturated heterocycles. The lowest BCUT2D eigenvalue weighted by Gasteiger charge is -2.34. The molecule has 0 spiro atoms. The molecule has 0 aromatic heterocycles. The Morgan fingerprint density at radius 1 is 0.875 bits per heavy atom. The number of benzene rings is 4. The molecule has 0 saturated carbocycles. The molecule has 2 atom stereocenters. The number of nitrogens with zero attached hydrogens (tertiary/aromatic N) is 2. The van der Waals surface area contributed by atoms with Gasteiger partial charge in [0.2, 0.25) is 11.8 Å². The van der Waals surface area contributed by atoms with Crippen molar-refractivity contribution >= 4 is 62.3 Å². The highest BCUT2D eigenvalue weighted by Gasteiger charge is 2.36. The van der Waals surface area contributed by atoms with Crippen molar-refractivity contribution < 1.29 is 22.7 Å². The molecule has 2 unspecified atom stereocenters. The molecule has 254 valence electrons. The number of carbonyl (C=O) groups is 2. The third kappa shape index (κ3) is 9.23. The van der Waals surface area contributed by atoms with E-state index < -0.39 is 28.5 Å². The number of sulfonamides is 1. The second-order valence-corrected chi connectivity index (χ2v) is 14.5. The van der Waals surface area contributed by atoms with Crippen molar-refractivity contribution in [1.29, 1.82) is 0 Å². The van der Waals surface area contributed by atoms with Gasteiger partial charge in [0.1, 0.15) is 18.3 Å². The van der Waals surface area contributed by atoms with Gasteiger partial charge < -0.3 is 15.0 Å². The summed E-state index contributed by atoms with van der Waals surface area (Å²) in [4.78, 5) is 30.1. The van der Waals surface area contributed by atoms with Crippen LogP contribution in [0.15, 0.2) is 95.9 Å². The van der Waals surface area contributed by atoms with Gasteiger partial charge in [-0.2, -0.15) is 0 Å². The predicted octanol–water partition coefficient (Wildman–Crippen LogP) is 7.71. The molecule has 0 bridgehead atoms. The van der Waals surface area contributed by atoms with Crippen LogP contribution in [-0.2, 0) is 32.6 Å². The van der Waals surface area contributed by atoms with E-state index in [1.807, 2.05) is 51.1 Å². The molecule has 4 rings (SSSR count). The first kappa shape index (κ1) is 37.1. The average Bonchev–Trinajstić information content (AvgIpc) is 3.07. The number of ether oxygens (including phenoxy) is 1. The number of amides is 2. The number of hydrogen-bond donors (Lipinski definition) is 1. The van der Waals surface area contributed by atoms with E-state index in [0.29, 0.717) is 17.0 Å². The van der Waals surface area contributed by atoms with E-state index in [9.17, 15) is 18.0 Å². The normalized spacial score (nSPS) is 12.6. The van der Waals surface area contributed by atoms with Crippen LogP contribution in [-0.4, -0.2) is 50.9 Å². The van der Waals surface area contributed by atoms with Crippen LogP contribution in [0.1, 0.15) is 37.0 Å². The van der Waals surface area contributed by atoms with Gasteiger partial charge in [0.15, 0.2) is 0 Å². The fourth-order valence-electron chi connectivity index (χ4n) is 5.04. The van der Waals surface area contributed by atoms with Crippen LogP contribution < -0.4 is 14.4 Å². The Kier molecular flexibility index (Phi) is 12.8. The summed E-state index contributed by atoms with van der Waals surface area (Å²) in [5.74, 6) is -0.830. The number of hydrogen-bond acceptors (Lipinski definition) is 5. The summed E-state index contributed by atoms with van der Waals surface area (Å²) in [5.41, 5.74) is 2.34. The van der Waals surface area contributed by atoms with E-state index in [1.165, 1.54) is 36.3 Å². The Morgan fingerprint density at radius 3 is 2.19 bits per heavy atom. The summed E-state index contributed by atoms with van der Waals surface area (Å²) in [5, 5.41) is 3.86. The van der Waals surface area contributed by atoms with Crippen molar-refractivity contribution in [3.63, 3.8) is 0 Å². The SMILES string of the molecule is CCC(C)NC(=O)C(Cc1ccccc1)N(Cc1ccc(Cl)c(Cl)c1)C(=O)CN(c1cc(Cl)ccc1OC)S(=O)(=O)c1ccc(C)cc1. The van der Waals surface area contributed by atoms with E-state index in [-0.39, 0.29) is 51.3 Å². The highest BCUT2D eigenvalue weighted by molar-refractivity contribution is 7.92. The summed E-state index contributed by atoms with van der Waals surface area (Å²) in [6, 6.07) is 23.9. The van der Waals surface area contributed by atoms with Crippen LogP contribution in [0.2, 0.25) is 15.1 Å². The summed E-state index contributed by atoms with van der Waals surface area (Å²) in [6.45, 7) is 4.93. The lowest BCUT2D eigenvalue weighted by atomic mass is 10.0. The van der Waals surface area contributed by atoms with Crippen molar-refractivity contribution in [2.75, 3.05) is 18.0 Å². The third-order valence-electron chi connectivity index (χ3n) is 7.91.